The minimum atomic E-state index is 0.158. The van der Waals surface area contributed by atoms with Crippen LogP contribution >= 0.6 is 39.1 Å². The van der Waals surface area contributed by atoms with Gasteiger partial charge in [-0.1, -0.05) is 59.0 Å². The maximum atomic E-state index is 6.08. The van der Waals surface area contributed by atoms with Gasteiger partial charge in [-0.25, -0.2) is 0 Å². The molecule has 0 aliphatic rings. The molecule has 0 N–H and O–H groups in total. The van der Waals surface area contributed by atoms with Crippen LogP contribution in [0, 0.1) is 5.41 Å². The molecular weight excluding hydrogens is 323 g/mol. The molecule has 0 unspecified atom stereocenters. The molecule has 1 aromatic carbocycles. The van der Waals surface area contributed by atoms with Crippen molar-refractivity contribution in [1.82, 2.24) is 0 Å². The lowest BCUT2D eigenvalue weighted by Gasteiger charge is -2.29. The van der Waals surface area contributed by atoms with E-state index in [9.17, 15) is 0 Å². The predicted octanol–water partition coefficient (Wildman–Crippen LogP) is 5.57. The fourth-order valence-corrected chi connectivity index (χ4v) is 2.81. The summed E-state index contributed by atoms with van der Waals surface area (Å²) in [4.78, 5) is 0. The summed E-state index contributed by atoms with van der Waals surface area (Å²) >= 11 is 15.6. The second kappa shape index (κ2) is 6.86. The van der Waals surface area contributed by atoms with Crippen molar-refractivity contribution in [2.75, 3.05) is 11.9 Å². The van der Waals surface area contributed by atoms with Gasteiger partial charge in [0.25, 0.3) is 0 Å². The molecule has 0 radical (unpaired) electrons. The summed E-state index contributed by atoms with van der Waals surface area (Å²) in [6.45, 7) is 4.99. The first-order chi connectivity index (χ1) is 8.08. The second-order valence-corrected chi connectivity index (χ2v) is 5.53. The molecule has 0 saturated carbocycles. The lowest BCUT2D eigenvalue weighted by atomic mass is 9.86. The van der Waals surface area contributed by atoms with Crippen molar-refractivity contribution in [2.45, 2.75) is 26.7 Å². The van der Waals surface area contributed by atoms with Crippen molar-refractivity contribution < 1.29 is 4.74 Å². The first-order valence-electron chi connectivity index (χ1n) is 5.71. The number of benzene rings is 1. The van der Waals surface area contributed by atoms with Gasteiger partial charge in [-0.2, -0.15) is 0 Å². The zero-order valence-electron chi connectivity index (χ0n) is 10.1. The Bertz CT molecular complexity index is 356. The lowest BCUT2D eigenvalue weighted by molar-refractivity contribution is 0.158. The average molecular weight is 340 g/mol. The van der Waals surface area contributed by atoms with E-state index in [1.54, 1.807) is 6.07 Å². The Morgan fingerprint density at radius 3 is 2.41 bits per heavy atom. The van der Waals surface area contributed by atoms with Gasteiger partial charge in [-0.05, 0) is 25.0 Å². The van der Waals surface area contributed by atoms with E-state index < -0.39 is 0 Å². The van der Waals surface area contributed by atoms with Crippen LogP contribution in [0.3, 0.4) is 0 Å². The van der Waals surface area contributed by atoms with E-state index in [0.29, 0.717) is 22.4 Å². The number of ether oxygens (including phenoxy) is 1. The standard InChI is InChI=1S/C13H17BrCl2O/c1-3-13(4-2,8-14)9-17-11-7-5-6-10(15)12(11)16/h5-7H,3-4,8-9H2,1-2H3. The van der Waals surface area contributed by atoms with Crippen LogP contribution in [-0.4, -0.2) is 11.9 Å². The Morgan fingerprint density at radius 1 is 1.24 bits per heavy atom. The van der Waals surface area contributed by atoms with E-state index in [1.807, 2.05) is 12.1 Å². The zero-order chi connectivity index (χ0) is 12.9. The average Bonchev–Trinajstić information content (AvgIpc) is 2.36. The van der Waals surface area contributed by atoms with Crippen LogP contribution in [0.25, 0.3) is 0 Å². The third-order valence-corrected chi connectivity index (χ3v) is 5.22. The maximum absolute atomic E-state index is 6.08. The van der Waals surface area contributed by atoms with Crippen molar-refractivity contribution in [3.05, 3.63) is 28.2 Å². The molecule has 96 valence electrons. The Kier molecular flexibility index (Phi) is 6.11. The van der Waals surface area contributed by atoms with E-state index in [0.717, 1.165) is 18.2 Å². The largest absolute Gasteiger partial charge is 0.491 e. The van der Waals surface area contributed by atoms with Gasteiger partial charge in [0.2, 0.25) is 0 Å². The fraction of sp³-hybridized carbons (Fsp3) is 0.538. The van der Waals surface area contributed by atoms with Gasteiger partial charge in [0.15, 0.2) is 0 Å². The predicted molar refractivity (Wildman–Crippen MR) is 78.8 cm³/mol. The first-order valence-corrected chi connectivity index (χ1v) is 7.59. The summed E-state index contributed by atoms with van der Waals surface area (Å²) in [5, 5.41) is 1.94. The lowest BCUT2D eigenvalue weighted by Crippen LogP contribution is -2.29. The van der Waals surface area contributed by atoms with Gasteiger partial charge >= 0.3 is 0 Å². The second-order valence-electron chi connectivity index (χ2n) is 4.18. The van der Waals surface area contributed by atoms with Crippen LogP contribution in [0.15, 0.2) is 18.2 Å². The Morgan fingerprint density at radius 2 is 1.88 bits per heavy atom. The first kappa shape index (κ1) is 15.1. The van der Waals surface area contributed by atoms with Gasteiger partial charge in [-0.15, -0.1) is 0 Å². The summed E-state index contributed by atoms with van der Waals surface area (Å²) in [6.07, 6.45) is 2.12. The van der Waals surface area contributed by atoms with Gasteiger partial charge < -0.3 is 4.74 Å². The van der Waals surface area contributed by atoms with Crippen LogP contribution in [0.1, 0.15) is 26.7 Å². The number of rotatable bonds is 6. The van der Waals surface area contributed by atoms with Gasteiger partial charge in [0, 0.05) is 10.7 Å². The summed E-state index contributed by atoms with van der Waals surface area (Å²) < 4.78 is 5.81. The van der Waals surface area contributed by atoms with Gasteiger partial charge in [0.1, 0.15) is 10.8 Å². The molecule has 0 atom stereocenters. The number of hydrogen-bond acceptors (Lipinski definition) is 1. The Labute approximate surface area is 122 Å². The molecule has 1 nitrogen and oxygen atoms in total. The van der Waals surface area contributed by atoms with E-state index >= 15 is 0 Å². The summed E-state index contributed by atoms with van der Waals surface area (Å²) in [5.74, 6) is 0.659. The van der Waals surface area contributed by atoms with Crippen LogP contribution in [0.4, 0.5) is 0 Å². The van der Waals surface area contributed by atoms with E-state index in [2.05, 4.69) is 29.8 Å². The molecule has 0 fully saturated rings. The minimum absolute atomic E-state index is 0.158. The summed E-state index contributed by atoms with van der Waals surface area (Å²) in [6, 6.07) is 5.45. The quantitative estimate of drug-likeness (QED) is 0.615. The van der Waals surface area contributed by atoms with Crippen molar-refractivity contribution >= 4 is 39.1 Å². The molecule has 0 bridgehead atoms. The molecule has 0 heterocycles. The highest BCUT2D eigenvalue weighted by Gasteiger charge is 2.26. The number of halogens is 3. The Balaban J connectivity index is 2.75. The van der Waals surface area contributed by atoms with Crippen LogP contribution in [0.2, 0.25) is 10.0 Å². The zero-order valence-corrected chi connectivity index (χ0v) is 13.2. The molecule has 4 heteroatoms. The topological polar surface area (TPSA) is 9.23 Å². The molecule has 0 spiro atoms. The van der Waals surface area contributed by atoms with E-state index in [4.69, 9.17) is 27.9 Å². The van der Waals surface area contributed by atoms with Crippen molar-refractivity contribution in [2.24, 2.45) is 5.41 Å². The van der Waals surface area contributed by atoms with Crippen molar-refractivity contribution in [3.8, 4) is 5.75 Å². The molecule has 0 amide bonds. The molecule has 0 aliphatic heterocycles. The van der Waals surface area contributed by atoms with Gasteiger partial charge in [0.05, 0.1) is 11.6 Å². The summed E-state index contributed by atoms with van der Waals surface area (Å²) in [5.41, 5.74) is 0.158. The normalized spacial score (nSPS) is 11.6. The van der Waals surface area contributed by atoms with Crippen molar-refractivity contribution in [3.63, 3.8) is 0 Å². The molecule has 0 aliphatic carbocycles. The highest BCUT2D eigenvalue weighted by atomic mass is 79.9. The molecular formula is C13H17BrCl2O. The highest BCUT2D eigenvalue weighted by molar-refractivity contribution is 9.09. The smallest absolute Gasteiger partial charge is 0.139 e. The van der Waals surface area contributed by atoms with Crippen LogP contribution in [-0.2, 0) is 0 Å². The van der Waals surface area contributed by atoms with Crippen molar-refractivity contribution in [1.29, 1.82) is 0 Å². The SMILES string of the molecule is CCC(CC)(CBr)COc1cccc(Cl)c1Cl. The molecule has 0 aromatic heterocycles. The summed E-state index contributed by atoms with van der Waals surface area (Å²) in [7, 11) is 0. The third kappa shape index (κ3) is 3.77. The minimum Gasteiger partial charge on any atom is -0.491 e. The highest BCUT2D eigenvalue weighted by Crippen LogP contribution is 2.34. The Hall–Kier alpha value is 0.0800. The third-order valence-electron chi connectivity index (χ3n) is 3.23. The number of hydrogen-bond donors (Lipinski definition) is 0. The van der Waals surface area contributed by atoms with Crippen LogP contribution in [0.5, 0.6) is 5.75 Å². The monoisotopic (exact) mass is 338 g/mol. The van der Waals surface area contributed by atoms with Crippen LogP contribution < -0.4 is 4.74 Å². The maximum Gasteiger partial charge on any atom is 0.139 e. The molecule has 1 rings (SSSR count). The number of alkyl halides is 1. The molecule has 0 saturated heterocycles. The van der Waals surface area contributed by atoms with E-state index in [-0.39, 0.29) is 5.41 Å². The molecule has 1 aromatic rings. The van der Waals surface area contributed by atoms with E-state index in [1.165, 1.54) is 0 Å². The molecule has 17 heavy (non-hydrogen) atoms. The van der Waals surface area contributed by atoms with Gasteiger partial charge in [-0.3, -0.25) is 0 Å². The fourth-order valence-electron chi connectivity index (χ4n) is 1.51.